The van der Waals surface area contributed by atoms with Crippen molar-refractivity contribution in [1.82, 2.24) is 0 Å². The van der Waals surface area contributed by atoms with Gasteiger partial charge in [-0.15, -0.1) is 8.42 Å². The van der Waals surface area contributed by atoms with E-state index in [0.717, 1.165) is 18.4 Å². The van der Waals surface area contributed by atoms with E-state index in [2.05, 4.69) is 6.92 Å². The molecule has 0 N–H and O–H groups in total. The molecule has 0 bridgehead atoms. The van der Waals surface area contributed by atoms with Gasteiger partial charge in [-0.25, -0.2) is 0 Å². The zero-order valence-electron chi connectivity index (χ0n) is 16.9. The highest BCUT2D eigenvalue weighted by Gasteiger charge is 2.30. The predicted octanol–water partition coefficient (Wildman–Crippen LogP) is 6.73. The SMILES string of the molecule is CCCCCCCCCCCCCCCCc1cccc2c1OS(=O)(=O)O2. The highest BCUT2D eigenvalue weighted by atomic mass is 32.3. The molecular formula is C22H36O4S. The molecule has 4 nitrogen and oxygen atoms in total. The minimum absolute atomic E-state index is 0.317. The number of para-hydroxylation sites is 1. The summed E-state index contributed by atoms with van der Waals surface area (Å²) in [4.78, 5) is 0. The minimum Gasteiger partial charge on any atom is -0.349 e. The summed E-state index contributed by atoms with van der Waals surface area (Å²) in [5, 5.41) is 0. The van der Waals surface area contributed by atoms with Gasteiger partial charge in [-0.2, -0.15) is 0 Å². The number of rotatable bonds is 15. The Labute approximate surface area is 166 Å². The van der Waals surface area contributed by atoms with Crippen LogP contribution in [0.2, 0.25) is 0 Å². The first-order valence-electron chi connectivity index (χ1n) is 10.9. The van der Waals surface area contributed by atoms with Gasteiger partial charge < -0.3 is 8.37 Å². The van der Waals surface area contributed by atoms with E-state index in [1.54, 1.807) is 6.07 Å². The average Bonchev–Trinajstić information content (AvgIpc) is 2.96. The van der Waals surface area contributed by atoms with Crippen LogP contribution in [0.1, 0.15) is 102 Å². The van der Waals surface area contributed by atoms with Crippen molar-refractivity contribution in [3.05, 3.63) is 23.8 Å². The number of unbranched alkanes of at least 4 members (excludes halogenated alkanes) is 13. The second-order valence-electron chi connectivity index (χ2n) is 7.67. The maximum atomic E-state index is 11.4. The van der Waals surface area contributed by atoms with Crippen molar-refractivity contribution < 1.29 is 16.8 Å². The van der Waals surface area contributed by atoms with Crippen LogP contribution in [-0.2, 0) is 16.8 Å². The smallest absolute Gasteiger partial charge is 0.349 e. The van der Waals surface area contributed by atoms with Gasteiger partial charge >= 0.3 is 10.4 Å². The Morgan fingerprint density at radius 1 is 0.704 bits per heavy atom. The molecule has 0 spiro atoms. The fourth-order valence-corrected chi connectivity index (χ4v) is 4.44. The lowest BCUT2D eigenvalue weighted by Gasteiger charge is -2.05. The summed E-state index contributed by atoms with van der Waals surface area (Å²) < 4.78 is 32.5. The van der Waals surface area contributed by atoms with Crippen LogP contribution in [0, 0.1) is 0 Å². The van der Waals surface area contributed by atoms with E-state index in [9.17, 15) is 8.42 Å². The van der Waals surface area contributed by atoms with Gasteiger partial charge in [-0.05, 0) is 24.5 Å². The molecule has 0 saturated carbocycles. The van der Waals surface area contributed by atoms with E-state index >= 15 is 0 Å². The molecule has 0 aromatic heterocycles. The van der Waals surface area contributed by atoms with Crippen LogP contribution in [0.4, 0.5) is 0 Å². The van der Waals surface area contributed by atoms with Crippen LogP contribution in [0.5, 0.6) is 11.5 Å². The molecule has 1 aliphatic rings. The molecule has 1 heterocycles. The van der Waals surface area contributed by atoms with Crippen LogP contribution >= 0.6 is 0 Å². The first kappa shape index (κ1) is 22.1. The van der Waals surface area contributed by atoms with Gasteiger partial charge in [0.25, 0.3) is 0 Å². The fraction of sp³-hybridized carbons (Fsp3) is 0.727. The fourth-order valence-electron chi connectivity index (χ4n) is 3.66. The third-order valence-electron chi connectivity index (χ3n) is 5.24. The number of benzene rings is 1. The molecule has 27 heavy (non-hydrogen) atoms. The van der Waals surface area contributed by atoms with Crippen LogP contribution < -0.4 is 8.37 Å². The summed E-state index contributed by atoms with van der Waals surface area (Å²) in [5.74, 6) is 0.699. The number of hydrogen-bond donors (Lipinski definition) is 0. The minimum atomic E-state index is -3.89. The number of aryl methyl sites for hydroxylation is 1. The average molecular weight is 397 g/mol. The highest BCUT2D eigenvalue weighted by molar-refractivity contribution is 7.82. The molecule has 154 valence electrons. The standard InChI is InChI=1S/C22H36O4S/c1-2-3-4-5-6-7-8-9-10-11-12-13-14-15-17-20-18-16-19-21-22(20)26-27(23,24)25-21/h16,18-19H,2-15,17H2,1H3. The highest BCUT2D eigenvalue weighted by Crippen LogP contribution is 2.39. The summed E-state index contributed by atoms with van der Waals surface area (Å²) in [5.41, 5.74) is 0.924. The Balaban J connectivity index is 1.45. The Hall–Kier alpha value is -1.23. The van der Waals surface area contributed by atoms with E-state index in [0.29, 0.717) is 11.5 Å². The maximum Gasteiger partial charge on any atom is 0.501 e. The third kappa shape index (κ3) is 8.54. The Kier molecular flexibility index (Phi) is 10.0. The molecule has 1 aliphatic heterocycles. The molecule has 2 rings (SSSR count). The molecule has 1 aromatic rings. The summed E-state index contributed by atoms with van der Waals surface area (Å²) in [7, 11) is -3.89. The molecule has 0 amide bonds. The summed E-state index contributed by atoms with van der Waals surface area (Å²) in [6.45, 7) is 2.27. The Bertz CT molecular complexity index is 640. The lowest BCUT2D eigenvalue weighted by Crippen LogP contribution is -2.08. The zero-order valence-corrected chi connectivity index (χ0v) is 17.7. The van der Waals surface area contributed by atoms with Gasteiger partial charge in [0.2, 0.25) is 0 Å². The molecule has 0 atom stereocenters. The van der Waals surface area contributed by atoms with Gasteiger partial charge in [0.05, 0.1) is 0 Å². The van der Waals surface area contributed by atoms with E-state index in [1.807, 2.05) is 12.1 Å². The number of fused-ring (bicyclic) bond motifs is 1. The molecule has 5 heteroatoms. The normalized spacial score (nSPS) is 14.6. The van der Waals surface area contributed by atoms with Gasteiger partial charge in [-0.3, -0.25) is 0 Å². The molecule has 0 unspecified atom stereocenters. The van der Waals surface area contributed by atoms with E-state index < -0.39 is 10.4 Å². The van der Waals surface area contributed by atoms with Crippen molar-refractivity contribution in [1.29, 1.82) is 0 Å². The summed E-state index contributed by atoms with van der Waals surface area (Å²) >= 11 is 0. The van der Waals surface area contributed by atoms with Gasteiger partial charge in [0.15, 0.2) is 11.5 Å². The van der Waals surface area contributed by atoms with Crippen LogP contribution in [-0.4, -0.2) is 8.42 Å². The van der Waals surface area contributed by atoms with Crippen molar-refractivity contribution >= 4 is 10.4 Å². The molecule has 0 saturated heterocycles. The monoisotopic (exact) mass is 396 g/mol. The topological polar surface area (TPSA) is 52.6 Å². The van der Waals surface area contributed by atoms with Crippen molar-refractivity contribution in [3.63, 3.8) is 0 Å². The molecule has 0 fully saturated rings. The molecule has 1 aromatic carbocycles. The third-order valence-corrected chi connectivity index (χ3v) is 5.99. The van der Waals surface area contributed by atoms with Crippen LogP contribution in [0.15, 0.2) is 18.2 Å². The van der Waals surface area contributed by atoms with Crippen molar-refractivity contribution in [2.45, 2.75) is 103 Å². The van der Waals surface area contributed by atoms with Crippen molar-refractivity contribution in [2.75, 3.05) is 0 Å². The first-order valence-corrected chi connectivity index (χ1v) is 12.2. The Morgan fingerprint density at radius 2 is 1.22 bits per heavy atom. The number of hydrogen-bond acceptors (Lipinski definition) is 4. The van der Waals surface area contributed by atoms with Crippen LogP contribution in [0.25, 0.3) is 0 Å². The molecule has 0 aliphatic carbocycles. The predicted molar refractivity (Wildman–Crippen MR) is 111 cm³/mol. The van der Waals surface area contributed by atoms with E-state index in [1.165, 1.54) is 83.5 Å². The largest absolute Gasteiger partial charge is 0.501 e. The van der Waals surface area contributed by atoms with E-state index in [-0.39, 0.29) is 0 Å². The zero-order chi connectivity index (χ0) is 19.4. The second kappa shape index (κ2) is 12.3. The maximum absolute atomic E-state index is 11.4. The molecular weight excluding hydrogens is 360 g/mol. The van der Waals surface area contributed by atoms with Crippen LogP contribution in [0.3, 0.4) is 0 Å². The first-order chi connectivity index (χ1) is 13.1. The summed E-state index contributed by atoms with van der Waals surface area (Å²) in [6.07, 6.45) is 19.5. The van der Waals surface area contributed by atoms with Gasteiger partial charge in [0.1, 0.15) is 0 Å². The van der Waals surface area contributed by atoms with Crippen molar-refractivity contribution in [2.24, 2.45) is 0 Å². The summed E-state index contributed by atoms with van der Waals surface area (Å²) in [6, 6.07) is 5.38. The lowest BCUT2D eigenvalue weighted by molar-refractivity contribution is 0.435. The van der Waals surface area contributed by atoms with E-state index in [4.69, 9.17) is 8.37 Å². The lowest BCUT2D eigenvalue weighted by atomic mass is 10.0. The van der Waals surface area contributed by atoms with Gasteiger partial charge in [-0.1, -0.05) is 103 Å². The molecule has 0 radical (unpaired) electrons. The van der Waals surface area contributed by atoms with Crippen molar-refractivity contribution in [3.8, 4) is 11.5 Å². The second-order valence-corrected chi connectivity index (χ2v) is 8.82. The Morgan fingerprint density at radius 3 is 1.78 bits per heavy atom. The quantitative estimate of drug-likeness (QED) is 0.309. The van der Waals surface area contributed by atoms with Gasteiger partial charge in [0, 0.05) is 0 Å².